The van der Waals surface area contributed by atoms with E-state index in [0.717, 1.165) is 28.6 Å². The fourth-order valence-corrected chi connectivity index (χ4v) is 4.50. The first kappa shape index (κ1) is 20.6. The summed E-state index contributed by atoms with van der Waals surface area (Å²) in [5.41, 5.74) is 4.03. The van der Waals surface area contributed by atoms with Crippen LogP contribution in [0.25, 0.3) is 33.4 Å². The Kier molecular flexibility index (Phi) is 4.91. The monoisotopic (exact) mass is 457 g/mol. The quantitative estimate of drug-likeness (QED) is 0.462. The smallest absolute Gasteiger partial charge is 0.415 e. The standard InChI is InChI=1S/C25H23N5O4/c1-29-13-17(23(28-29)15-6-4-3-5-7-15)24-16-10-22(21(32-2)11-18(16)26-14-27-24)34-25(31)30-8-9-33-20-12-19(20)30/h3-7,10-11,13-14,19-20H,8-9,12H2,1-2H3/t19-,20+/m0/s1. The molecule has 0 spiro atoms. The lowest BCUT2D eigenvalue weighted by atomic mass is 10.0. The number of carbonyl (C=O) groups excluding carboxylic acids is 1. The molecule has 0 N–H and O–H groups in total. The van der Waals surface area contributed by atoms with E-state index in [2.05, 4.69) is 15.1 Å². The SMILES string of the molecule is COc1cc2ncnc(-c3cn(C)nc3-c3ccccc3)c2cc1OC(=O)N1CCO[C@@H]2C[C@@H]21. The second-order valence-corrected chi connectivity index (χ2v) is 8.45. The molecular weight excluding hydrogens is 434 g/mol. The Morgan fingerprint density at radius 1 is 1.12 bits per heavy atom. The van der Waals surface area contributed by atoms with Crippen molar-refractivity contribution in [1.29, 1.82) is 0 Å². The molecule has 1 aliphatic carbocycles. The summed E-state index contributed by atoms with van der Waals surface area (Å²) in [4.78, 5) is 23.7. The van der Waals surface area contributed by atoms with E-state index < -0.39 is 6.09 Å². The van der Waals surface area contributed by atoms with Crippen LogP contribution in [0.5, 0.6) is 11.5 Å². The minimum absolute atomic E-state index is 0.0930. The second-order valence-electron chi connectivity index (χ2n) is 8.45. The van der Waals surface area contributed by atoms with Gasteiger partial charge in [-0.05, 0) is 12.5 Å². The van der Waals surface area contributed by atoms with E-state index >= 15 is 0 Å². The van der Waals surface area contributed by atoms with Crippen LogP contribution in [-0.4, -0.2) is 63.1 Å². The number of methoxy groups -OCH3 is 1. The minimum Gasteiger partial charge on any atom is -0.493 e. The number of benzene rings is 2. The first-order valence-electron chi connectivity index (χ1n) is 11.1. The number of carbonyl (C=O) groups is 1. The number of rotatable bonds is 4. The van der Waals surface area contributed by atoms with Gasteiger partial charge < -0.3 is 14.2 Å². The highest BCUT2D eigenvalue weighted by Crippen LogP contribution is 2.39. The molecule has 2 fully saturated rings. The third-order valence-electron chi connectivity index (χ3n) is 6.25. The first-order valence-corrected chi connectivity index (χ1v) is 11.1. The van der Waals surface area contributed by atoms with Gasteiger partial charge in [0.25, 0.3) is 0 Å². The van der Waals surface area contributed by atoms with Crippen LogP contribution in [0.3, 0.4) is 0 Å². The van der Waals surface area contributed by atoms with Gasteiger partial charge in [-0.3, -0.25) is 9.58 Å². The van der Waals surface area contributed by atoms with Crippen molar-refractivity contribution in [3.05, 3.63) is 55.0 Å². The Morgan fingerprint density at radius 3 is 2.79 bits per heavy atom. The molecule has 172 valence electrons. The Bertz CT molecular complexity index is 1390. The molecule has 1 saturated heterocycles. The summed E-state index contributed by atoms with van der Waals surface area (Å²) in [7, 11) is 3.42. The fourth-order valence-electron chi connectivity index (χ4n) is 4.50. The molecule has 0 unspecified atom stereocenters. The number of amides is 1. The number of morpholine rings is 1. The van der Waals surface area contributed by atoms with Crippen molar-refractivity contribution in [2.45, 2.75) is 18.6 Å². The van der Waals surface area contributed by atoms with Crippen LogP contribution in [0.15, 0.2) is 55.0 Å². The van der Waals surface area contributed by atoms with Gasteiger partial charge in [0.2, 0.25) is 0 Å². The van der Waals surface area contributed by atoms with Crippen molar-refractivity contribution in [3.8, 4) is 34.0 Å². The molecule has 3 heterocycles. The van der Waals surface area contributed by atoms with Gasteiger partial charge in [-0.2, -0.15) is 5.10 Å². The lowest BCUT2D eigenvalue weighted by Crippen LogP contribution is -2.42. The van der Waals surface area contributed by atoms with E-state index in [1.807, 2.05) is 43.6 Å². The molecular formula is C25H23N5O4. The van der Waals surface area contributed by atoms with Gasteiger partial charge in [-0.1, -0.05) is 30.3 Å². The third-order valence-corrected chi connectivity index (χ3v) is 6.25. The molecule has 1 aliphatic heterocycles. The highest BCUT2D eigenvalue weighted by atomic mass is 16.6. The lowest BCUT2D eigenvalue weighted by molar-refractivity contribution is 0.0352. The van der Waals surface area contributed by atoms with E-state index in [4.69, 9.17) is 14.2 Å². The molecule has 2 atom stereocenters. The van der Waals surface area contributed by atoms with Crippen molar-refractivity contribution < 1.29 is 19.0 Å². The maximum atomic E-state index is 13.0. The van der Waals surface area contributed by atoms with E-state index in [1.54, 1.807) is 28.8 Å². The molecule has 2 aliphatic rings. The van der Waals surface area contributed by atoms with Gasteiger partial charge in [0.05, 0.1) is 37.1 Å². The zero-order chi connectivity index (χ0) is 23.2. The van der Waals surface area contributed by atoms with E-state index in [-0.39, 0.29) is 12.1 Å². The summed E-state index contributed by atoms with van der Waals surface area (Å²) >= 11 is 0. The van der Waals surface area contributed by atoms with Crippen molar-refractivity contribution in [2.75, 3.05) is 20.3 Å². The molecule has 0 radical (unpaired) electrons. The molecule has 9 heteroatoms. The lowest BCUT2D eigenvalue weighted by Gasteiger charge is -2.26. The largest absolute Gasteiger partial charge is 0.493 e. The average molecular weight is 457 g/mol. The minimum atomic E-state index is -0.404. The Hall–Kier alpha value is -3.98. The number of hydrogen-bond acceptors (Lipinski definition) is 7. The van der Waals surface area contributed by atoms with Gasteiger partial charge in [0.1, 0.15) is 12.0 Å². The van der Waals surface area contributed by atoms with Crippen molar-refractivity contribution in [1.82, 2.24) is 24.6 Å². The topological polar surface area (TPSA) is 91.6 Å². The summed E-state index contributed by atoms with van der Waals surface area (Å²) in [6, 6.07) is 13.6. The van der Waals surface area contributed by atoms with Crippen molar-refractivity contribution >= 4 is 17.0 Å². The molecule has 2 aromatic heterocycles. The van der Waals surface area contributed by atoms with Crippen LogP contribution in [0.2, 0.25) is 0 Å². The maximum Gasteiger partial charge on any atom is 0.415 e. The Labute approximate surface area is 195 Å². The van der Waals surface area contributed by atoms with E-state index in [1.165, 1.54) is 6.33 Å². The van der Waals surface area contributed by atoms with Crippen LogP contribution < -0.4 is 9.47 Å². The predicted octanol–water partition coefficient (Wildman–Crippen LogP) is 3.68. The fraction of sp³-hybridized carbons (Fsp3) is 0.280. The van der Waals surface area contributed by atoms with Crippen LogP contribution in [0, 0.1) is 0 Å². The Balaban J connectivity index is 1.43. The number of ether oxygens (including phenoxy) is 3. The third kappa shape index (κ3) is 3.54. The van der Waals surface area contributed by atoms with Crippen LogP contribution in [0.1, 0.15) is 6.42 Å². The summed E-state index contributed by atoms with van der Waals surface area (Å²) in [6.45, 7) is 1.03. The molecule has 4 aromatic rings. The van der Waals surface area contributed by atoms with Crippen molar-refractivity contribution in [3.63, 3.8) is 0 Å². The van der Waals surface area contributed by atoms with Gasteiger partial charge in [0, 0.05) is 42.4 Å². The summed E-state index contributed by atoms with van der Waals surface area (Å²) in [6.07, 6.45) is 4.03. The molecule has 6 rings (SSSR count). The van der Waals surface area contributed by atoms with Crippen molar-refractivity contribution in [2.24, 2.45) is 7.05 Å². The molecule has 1 saturated carbocycles. The van der Waals surface area contributed by atoms with Crippen LogP contribution >= 0.6 is 0 Å². The summed E-state index contributed by atoms with van der Waals surface area (Å²) in [5.74, 6) is 0.755. The molecule has 2 aromatic carbocycles. The predicted molar refractivity (Wildman–Crippen MR) is 125 cm³/mol. The highest BCUT2D eigenvalue weighted by Gasteiger charge is 2.48. The van der Waals surface area contributed by atoms with E-state index in [0.29, 0.717) is 35.9 Å². The number of fused-ring (bicyclic) bond motifs is 2. The number of aryl methyl sites for hydroxylation is 1. The zero-order valence-corrected chi connectivity index (χ0v) is 18.8. The number of aromatic nitrogens is 4. The number of hydrogen-bond donors (Lipinski definition) is 0. The Morgan fingerprint density at radius 2 is 1.97 bits per heavy atom. The number of nitrogens with zero attached hydrogens (tertiary/aromatic N) is 5. The van der Waals surface area contributed by atoms with Gasteiger partial charge in [0.15, 0.2) is 11.5 Å². The summed E-state index contributed by atoms with van der Waals surface area (Å²) in [5, 5.41) is 5.41. The molecule has 0 bridgehead atoms. The van der Waals surface area contributed by atoms with Crippen LogP contribution in [0.4, 0.5) is 4.79 Å². The zero-order valence-electron chi connectivity index (χ0n) is 18.8. The normalized spacial score (nSPS) is 19.1. The maximum absolute atomic E-state index is 13.0. The second kappa shape index (κ2) is 8.11. The average Bonchev–Trinajstić information content (AvgIpc) is 3.56. The van der Waals surface area contributed by atoms with Gasteiger partial charge in [-0.25, -0.2) is 14.8 Å². The van der Waals surface area contributed by atoms with E-state index in [9.17, 15) is 4.79 Å². The summed E-state index contributed by atoms with van der Waals surface area (Å²) < 4.78 is 18.7. The van der Waals surface area contributed by atoms with Crippen LogP contribution in [-0.2, 0) is 11.8 Å². The van der Waals surface area contributed by atoms with Gasteiger partial charge >= 0.3 is 6.09 Å². The first-order chi connectivity index (χ1) is 16.6. The molecule has 9 nitrogen and oxygen atoms in total. The molecule has 34 heavy (non-hydrogen) atoms. The van der Waals surface area contributed by atoms with Gasteiger partial charge in [-0.15, -0.1) is 0 Å². The molecule has 1 amide bonds. The highest BCUT2D eigenvalue weighted by molar-refractivity contribution is 5.97.